The van der Waals surface area contributed by atoms with E-state index in [0.29, 0.717) is 11.3 Å². The molecule has 0 atom stereocenters. The molecule has 0 saturated heterocycles. The first-order valence-corrected chi connectivity index (χ1v) is 7.30. The van der Waals surface area contributed by atoms with Gasteiger partial charge in [0.2, 0.25) is 5.91 Å². The fourth-order valence-corrected chi connectivity index (χ4v) is 2.18. The minimum Gasteiger partial charge on any atom is -0.435 e. The third kappa shape index (κ3) is 4.96. The number of amides is 1. The predicted molar refractivity (Wildman–Crippen MR) is 84.7 cm³/mol. The molecule has 8 nitrogen and oxygen atoms in total. The van der Waals surface area contributed by atoms with Gasteiger partial charge in [0.25, 0.3) is 0 Å². The van der Waals surface area contributed by atoms with Crippen molar-refractivity contribution in [1.82, 2.24) is 9.78 Å². The van der Waals surface area contributed by atoms with Crippen LogP contribution >= 0.6 is 0 Å². The van der Waals surface area contributed by atoms with E-state index >= 15 is 0 Å². The number of aryl methyl sites for hydroxylation is 3. The van der Waals surface area contributed by atoms with Crippen LogP contribution in [0.1, 0.15) is 17.7 Å². The molecule has 0 aliphatic heterocycles. The first kappa shape index (κ1) is 18.3. The topological polar surface area (TPSA) is 99.3 Å². The summed E-state index contributed by atoms with van der Waals surface area (Å²) in [5, 5.41) is 17.4. The van der Waals surface area contributed by atoms with Crippen molar-refractivity contribution in [3.63, 3.8) is 0 Å². The molecule has 10 heteroatoms. The van der Waals surface area contributed by atoms with Gasteiger partial charge in [0.1, 0.15) is 17.6 Å². The lowest BCUT2D eigenvalue weighted by molar-refractivity contribution is -0.385. The standard InChI is InChI=1S/C15H16F2N4O4/c1-9-7-11(25-15(16)17)3-4-12(9)18-14(22)5-6-20-8-13(21(23)24)10(2)19-20/h3-4,7-8,15H,5-6H2,1-2H3,(H,18,22). The van der Waals surface area contributed by atoms with Gasteiger partial charge < -0.3 is 10.1 Å². The predicted octanol–water partition coefficient (Wildman–Crippen LogP) is 3.04. The highest BCUT2D eigenvalue weighted by molar-refractivity contribution is 5.91. The number of carbonyl (C=O) groups is 1. The Labute approximate surface area is 141 Å². The zero-order chi connectivity index (χ0) is 18.6. The molecule has 2 aromatic rings. The molecular formula is C15H16F2N4O4. The van der Waals surface area contributed by atoms with E-state index in [0.717, 1.165) is 0 Å². The number of ether oxygens (including phenoxy) is 1. The van der Waals surface area contributed by atoms with Gasteiger partial charge in [-0.2, -0.15) is 13.9 Å². The SMILES string of the molecule is Cc1cc(OC(F)F)ccc1NC(=O)CCn1cc([N+](=O)[O-])c(C)n1. The summed E-state index contributed by atoms with van der Waals surface area (Å²) in [6.07, 6.45) is 1.32. The Morgan fingerprint density at radius 1 is 1.44 bits per heavy atom. The molecule has 1 aromatic heterocycles. The number of aromatic nitrogens is 2. The van der Waals surface area contributed by atoms with Gasteiger partial charge >= 0.3 is 12.3 Å². The maximum Gasteiger partial charge on any atom is 0.387 e. The normalized spacial score (nSPS) is 10.8. The number of hydrogen-bond acceptors (Lipinski definition) is 5. The van der Waals surface area contributed by atoms with E-state index in [1.165, 1.54) is 36.0 Å². The van der Waals surface area contributed by atoms with E-state index in [-0.39, 0.29) is 36.0 Å². The first-order valence-electron chi connectivity index (χ1n) is 7.30. The highest BCUT2D eigenvalue weighted by Gasteiger charge is 2.16. The zero-order valence-electron chi connectivity index (χ0n) is 13.5. The first-order chi connectivity index (χ1) is 11.8. The number of halogens is 2. The van der Waals surface area contributed by atoms with Crippen LogP contribution in [0.2, 0.25) is 0 Å². The molecule has 1 N–H and O–H groups in total. The Hall–Kier alpha value is -3.04. The van der Waals surface area contributed by atoms with Crippen LogP contribution in [0.25, 0.3) is 0 Å². The van der Waals surface area contributed by atoms with Crippen molar-refractivity contribution in [2.45, 2.75) is 33.4 Å². The van der Waals surface area contributed by atoms with E-state index < -0.39 is 11.5 Å². The zero-order valence-corrected chi connectivity index (χ0v) is 13.5. The van der Waals surface area contributed by atoms with Gasteiger partial charge in [-0.3, -0.25) is 19.6 Å². The van der Waals surface area contributed by atoms with Crippen molar-refractivity contribution in [2.24, 2.45) is 0 Å². The Kier molecular flexibility index (Phi) is 5.63. The third-order valence-electron chi connectivity index (χ3n) is 3.38. The molecule has 0 saturated carbocycles. The van der Waals surface area contributed by atoms with Gasteiger partial charge in [0, 0.05) is 18.7 Å². The summed E-state index contributed by atoms with van der Waals surface area (Å²) in [5.74, 6) is -0.328. The smallest absolute Gasteiger partial charge is 0.387 e. The van der Waals surface area contributed by atoms with Crippen LogP contribution < -0.4 is 10.1 Å². The van der Waals surface area contributed by atoms with Crippen LogP contribution in [-0.4, -0.2) is 27.2 Å². The van der Waals surface area contributed by atoms with Crippen molar-refractivity contribution in [3.8, 4) is 5.75 Å². The molecule has 134 valence electrons. The molecule has 0 radical (unpaired) electrons. The maximum absolute atomic E-state index is 12.2. The van der Waals surface area contributed by atoms with Crippen LogP contribution in [0.4, 0.5) is 20.2 Å². The molecule has 0 bridgehead atoms. The minimum absolute atomic E-state index is 0.00447. The largest absolute Gasteiger partial charge is 0.435 e. The number of anilines is 1. The summed E-state index contributed by atoms with van der Waals surface area (Å²) in [6, 6.07) is 4.19. The maximum atomic E-state index is 12.2. The van der Waals surface area contributed by atoms with Crippen molar-refractivity contribution in [1.29, 1.82) is 0 Å². The number of benzene rings is 1. The molecule has 2 rings (SSSR count). The van der Waals surface area contributed by atoms with Crippen LogP contribution in [0.15, 0.2) is 24.4 Å². The minimum atomic E-state index is -2.92. The van der Waals surface area contributed by atoms with Gasteiger partial charge in [0.15, 0.2) is 0 Å². The molecule has 0 aliphatic carbocycles. The molecule has 0 unspecified atom stereocenters. The van der Waals surface area contributed by atoms with E-state index in [4.69, 9.17) is 0 Å². The molecular weight excluding hydrogens is 338 g/mol. The molecule has 0 aliphatic rings. The summed E-state index contributed by atoms with van der Waals surface area (Å²) in [5.41, 5.74) is 1.20. The number of carbonyl (C=O) groups excluding carboxylic acids is 1. The number of hydrogen-bond donors (Lipinski definition) is 1. The van der Waals surface area contributed by atoms with E-state index in [9.17, 15) is 23.7 Å². The second-order valence-electron chi connectivity index (χ2n) is 5.27. The molecule has 0 fully saturated rings. The second kappa shape index (κ2) is 7.69. The van der Waals surface area contributed by atoms with Gasteiger partial charge in [-0.1, -0.05) is 0 Å². The Morgan fingerprint density at radius 3 is 2.72 bits per heavy atom. The van der Waals surface area contributed by atoms with Crippen LogP contribution in [-0.2, 0) is 11.3 Å². The Bertz CT molecular complexity index is 792. The fraction of sp³-hybridized carbons (Fsp3) is 0.333. The number of rotatable bonds is 7. The van der Waals surface area contributed by atoms with E-state index in [2.05, 4.69) is 15.2 Å². The van der Waals surface area contributed by atoms with Crippen molar-refractivity contribution in [3.05, 3.63) is 45.8 Å². The number of nitro groups is 1. The summed E-state index contributed by atoms with van der Waals surface area (Å²) in [7, 11) is 0. The van der Waals surface area contributed by atoms with E-state index in [1.807, 2.05) is 0 Å². The fourth-order valence-electron chi connectivity index (χ4n) is 2.18. The lowest BCUT2D eigenvalue weighted by atomic mass is 10.2. The van der Waals surface area contributed by atoms with Crippen LogP contribution in [0, 0.1) is 24.0 Å². The summed E-state index contributed by atoms with van der Waals surface area (Å²) < 4.78 is 29.9. The van der Waals surface area contributed by atoms with Crippen LogP contribution in [0.3, 0.4) is 0 Å². The molecule has 1 heterocycles. The molecule has 25 heavy (non-hydrogen) atoms. The Morgan fingerprint density at radius 2 is 2.16 bits per heavy atom. The van der Waals surface area contributed by atoms with Crippen molar-refractivity contribution < 1.29 is 23.2 Å². The number of alkyl halides is 2. The number of nitrogens with one attached hydrogen (secondary N) is 1. The van der Waals surface area contributed by atoms with Crippen LogP contribution in [0.5, 0.6) is 5.75 Å². The average Bonchev–Trinajstić information content (AvgIpc) is 2.89. The molecule has 1 amide bonds. The van der Waals surface area contributed by atoms with Crippen molar-refractivity contribution >= 4 is 17.3 Å². The third-order valence-corrected chi connectivity index (χ3v) is 3.38. The summed E-state index contributed by atoms with van der Waals surface area (Å²) >= 11 is 0. The molecule has 1 aromatic carbocycles. The second-order valence-corrected chi connectivity index (χ2v) is 5.27. The number of nitrogens with zero attached hydrogens (tertiary/aromatic N) is 3. The van der Waals surface area contributed by atoms with Gasteiger partial charge in [-0.25, -0.2) is 0 Å². The van der Waals surface area contributed by atoms with E-state index in [1.54, 1.807) is 6.92 Å². The van der Waals surface area contributed by atoms with Crippen molar-refractivity contribution in [2.75, 3.05) is 5.32 Å². The van der Waals surface area contributed by atoms with Gasteiger partial charge in [-0.15, -0.1) is 0 Å². The lowest BCUT2D eigenvalue weighted by Gasteiger charge is -2.11. The lowest BCUT2D eigenvalue weighted by Crippen LogP contribution is -2.15. The summed E-state index contributed by atoms with van der Waals surface area (Å²) in [6.45, 7) is 0.419. The molecule has 0 spiro atoms. The average molecular weight is 354 g/mol. The Balaban J connectivity index is 1.94. The quantitative estimate of drug-likeness (QED) is 0.608. The van der Waals surface area contributed by atoms with Gasteiger partial charge in [-0.05, 0) is 37.6 Å². The summed E-state index contributed by atoms with van der Waals surface area (Å²) in [4.78, 5) is 22.2. The monoisotopic (exact) mass is 354 g/mol. The van der Waals surface area contributed by atoms with Gasteiger partial charge in [0.05, 0.1) is 4.92 Å². The highest BCUT2D eigenvalue weighted by Crippen LogP contribution is 2.23. The highest BCUT2D eigenvalue weighted by atomic mass is 19.3.